The number of fused-ring (bicyclic) bond motifs is 11. The second-order valence-corrected chi connectivity index (χ2v) is 11.6. The van der Waals surface area contributed by atoms with Gasteiger partial charge in [-0.3, -0.25) is 4.98 Å². The van der Waals surface area contributed by atoms with E-state index in [4.69, 9.17) is 4.98 Å². The predicted octanol–water partition coefficient (Wildman–Crippen LogP) is 8.99. The average molecular weight is 558 g/mol. The summed E-state index contributed by atoms with van der Waals surface area (Å²) in [5.74, 6) is 0. The summed E-state index contributed by atoms with van der Waals surface area (Å²) < 4.78 is 0. The first-order chi connectivity index (χ1) is 21.8. The molecule has 2 aliphatic rings. The number of aromatic nitrogens is 1. The van der Waals surface area contributed by atoms with Gasteiger partial charge in [0.1, 0.15) is 0 Å². The van der Waals surface area contributed by atoms with E-state index >= 15 is 0 Å². The minimum atomic E-state index is 0.0370. The van der Waals surface area contributed by atoms with E-state index in [1.807, 2.05) is 12.3 Å². The molecule has 6 aromatic carbocycles. The fourth-order valence-electron chi connectivity index (χ4n) is 7.11. The van der Waals surface area contributed by atoms with E-state index in [9.17, 15) is 0 Å². The Morgan fingerprint density at radius 2 is 0.955 bits per heavy atom. The summed E-state index contributed by atoms with van der Waals surface area (Å²) in [4.78, 5) is 7.28. The second kappa shape index (κ2) is 9.96. The molecule has 0 N–H and O–H groups in total. The second-order valence-electron chi connectivity index (χ2n) is 11.6. The molecular formula is C41H27BN2. The van der Waals surface area contributed by atoms with E-state index in [1.165, 1.54) is 66.8 Å². The number of hydrogen-bond acceptors (Lipinski definition) is 2. The van der Waals surface area contributed by atoms with E-state index in [0.29, 0.717) is 0 Å². The summed E-state index contributed by atoms with van der Waals surface area (Å²) in [5.41, 5.74) is 17.2. The van der Waals surface area contributed by atoms with E-state index in [1.54, 1.807) is 0 Å². The van der Waals surface area contributed by atoms with E-state index in [-0.39, 0.29) is 6.85 Å². The molecule has 1 aromatic heterocycles. The molecule has 0 spiro atoms. The van der Waals surface area contributed by atoms with Crippen LogP contribution >= 0.6 is 0 Å². The van der Waals surface area contributed by atoms with Crippen LogP contribution < -0.4 is 15.7 Å². The first-order valence-electron chi connectivity index (χ1n) is 15.2. The molecule has 204 valence electrons. The molecule has 0 radical (unpaired) electrons. The van der Waals surface area contributed by atoms with Crippen molar-refractivity contribution in [3.05, 3.63) is 164 Å². The highest BCUT2D eigenvalue weighted by Crippen LogP contribution is 2.48. The van der Waals surface area contributed by atoms with Crippen molar-refractivity contribution in [2.45, 2.75) is 0 Å². The molecule has 0 unspecified atom stereocenters. The summed E-state index contributed by atoms with van der Waals surface area (Å²) in [6.45, 7) is 0.0370. The van der Waals surface area contributed by atoms with Crippen LogP contribution in [0.5, 0.6) is 0 Å². The largest absolute Gasteiger partial charge is 0.376 e. The van der Waals surface area contributed by atoms with Crippen molar-refractivity contribution in [2.24, 2.45) is 0 Å². The standard InChI is InChI=1S/C41H27BN2/c1-3-11-28(12-4-1)30-19-22-40-35(25-30)33-15-7-8-16-37(33)42-38-27-32(39-17-9-10-24-43-39)18-21-34(38)36-26-31(20-23-41(36)44(40)42)29-13-5-2-6-14-29/h1-27H. The van der Waals surface area contributed by atoms with Crippen LogP contribution in [0.3, 0.4) is 0 Å². The molecule has 0 aliphatic carbocycles. The third-order valence-corrected chi connectivity index (χ3v) is 9.13. The Balaban J connectivity index is 1.32. The van der Waals surface area contributed by atoms with E-state index < -0.39 is 0 Å². The maximum absolute atomic E-state index is 4.71. The van der Waals surface area contributed by atoms with Crippen LogP contribution in [0.15, 0.2) is 164 Å². The van der Waals surface area contributed by atoms with Crippen LogP contribution in [0.2, 0.25) is 0 Å². The highest BCUT2D eigenvalue weighted by atomic mass is 15.1. The van der Waals surface area contributed by atoms with Gasteiger partial charge in [-0.05, 0) is 86.3 Å². The van der Waals surface area contributed by atoms with Gasteiger partial charge < -0.3 is 4.81 Å². The van der Waals surface area contributed by atoms with Crippen LogP contribution in [0.1, 0.15) is 0 Å². The van der Waals surface area contributed by atoms with Crippen LogP contribution in [-0.2, 0) is 0 Å². The zero-order valence-corrected chi connectivity index (χ0v) is 24.1. The normalized spacial score (nSPS) is 12.5. The average Bonchev–Trinajstić information content (AvgIpc) is 3.12. The van der Waals surface area contributed by atoms with Gasteiger partial charge in [-0.2, -0.15) is 0 Å². The fourth-order valence-corrected chi connectivity index (χ4v) is 7.11. The summed E-state index contributed by atoms with van der Waals surface area (Å²) in [7, 11) is 0. The van der Waals surface area contributed by atoms with Gasteiger partial charge in [0, 0.05) is 28.7 Å². The smallest absolute Gasteiger partial charge is 0.329 e. The molecule has 0 atom stereocenters. The Hall–Kier alpha value is -5.67. The van der Waals surface area contributed by atoms with Crippen molar-refractivity contribution in [1.82, 2.24) is 4.98 Å². The predicted molar refractivity (Wildman–Crippen MR) is 185 cm³/mol. The summed E-state index contributed by atoms with van der Waals surface area (Å²) in [5, 5.41) is 0. The molecule has 7 aromatic rings. The Morgan fingerprint density at radius 3 is 1.59 bits per heavy atom. The first kappa shape index (κ1) is 24.9. The van der Waals surface area contributed by atoms with Gasteiger partial charge in [0.15, 0.2) is 0 Å². The molecule has 2 aliphatic heterocycles. The van der Waals surface area contributed by atoms with Crippen molar-refractivity contribution in [3.8, 4) is 55.8 Å². The monoisotopic (exact) mass is 558 g/mol. The van der Waals surface area contributed by atoms with Crippen molar-refractivity contribution in [3.63, 3.8) is 0 Å². The maximum atomic E-state index is 4.71. The Morgan fingerprint density at radius 1 is 0.386 bits per heavy atom. The third-order valence-electron chi connectivity index (χ3n) is 9.13. The fraction of sp³-hybridized carbons (Fsp3) is 0. The van der Waals surface area contributed by atoms with Crippen LogP contribution in [0.4, 0.5) is 11.4 Å². The molecule has 44 heavy (non-hydrogen) atoms. The van der Waals surface area contributed by atoms with Gasteiger partial charge in [-0.25, -0.2) is 0 Å². The Bertz CT molecular complexity index is 2180. The zero-order valence-electron chi connectivity index (χ0n) is 24.1. The van der Waals surface area contributed by atoms with Gasteiger partial charge in [0.2, 0.25) is 0 Å². The van der Waals surface area contributed by atoms with Gasteiger partial charge in [-0.1, -0.05) is 121 Å². The van der Waals surface area contributed by atoms with E-state index in [0.717, 1.165) is 11.3 Å². The van der Waals surface area contributed by atoms with Crippen molar-refractivity contribution in [2.75, 3.05) is 4.81 Å². The quantitative estimate of drug-likeness (QED) is 0.201. The minimum Gasteiger partial charge on any atom is -0.376 e. The lowest BCUT2D eigenvalue weighted by molar-refractivity contribution is 1.32. The number of rotatable bonds is 3. The third kappa shape index (κ3) is 3.87. The Labute approximate surface area is 258 Å². The van der Waals surface area contributed by atoms with Crippen LogP contribution in [0, 0.1) is 0 Å². The lowest BCUT2D eigenvalue weighted by Crippen LogP contribution is -2.59. The molecular weight excluding hydrogens is 531 g/mol. The van der Waals surface area contributed by atoms with Crippen molar-refractivity contribution >= 4 is 29.1 Å². The minimum absolute atomic E-state index is 0.0370. The lowest BCUT2D eigenvalue weighted by Gasteiger charge is -2.43. The molecule has 9 rings (SSSR count). The topological polar surface area (TPSA) is 16.1 Å². The summed E-state index contributed by atoms with van der Waals surface area (Å²) in [6.07, 6.45) is 1.87. The summed E-state index contributed by atoms with van der Waals surface area (Å²) in [6, 6.07) is 57.3. The zero-order chi connectivity index (χ0) is 29.0. The van der Waals surface area contributed by atoms with Gasteiger partial charge >= 0.3 is 6.85 Å². The first-order valence-corrected chi connectivity index (χ1v) is 15.2. The Kier molecular flexibility index (Phi) is 5.64. The highest BCUT2D eigenvalue weighted by molar-refractivity contribution is 6.92. The number of hydrogen-bond donors (Lipinski definition) is 0. The maximum Gasteiger partial charge on any atom is 0.329 e. The SMILES string of the molecule is c1ccc(-c2ccc3c(c2)-c2ccccc2B2c4cc(-c5ccccn5)ccc4-c4cc(-c5ccccc5)ccc4N23)cc1. The van der Waals surface area contributed by atoms with Gasteiger partial charge in [0.05, 0.1) is 5.69 Å². The highest BCUT2D eigenvalue weighted by Gasteiger charge is 2.42. The molecule has 3 heterocycles. The van der Waals surface area contributed by atoms with Crippen LogP contribution in [-0.4, -0.2) is 11.8 Å². The van der Waals surface area contributed by atoms with Crippen molar-refractivity contribution < 1.29 is 0 Å². The molecule has 3 heteroatoms. The van der Waals surface area contributed by atoms with E-state index in [2.05, 4.69) is 156 Å². The number of nitrogens with zero attached hydrogens (tertiary/aromatic N) is 2. The molecule has 0 amide bonds. The number of benzene rings is 6. The summed E-state index contributed by atoms with van der Waals surface area (Å²) >= 11 is 0. The van der Waals surface area contributed by atoms with Gasteiger partial charge in [0.25, 0.3) is 0 Å². The number of anilines is 2. The molecule has 0 saturated carbocycles. The van der Waals surface area contributed by atoms with Gasteiger partial charge in [-0.15, -0.1) is 0 Å². The molecule has 0 saturated heterocycles. The lowest BCUT2D eigenvalue weighted by atomic mass is 9.43. The molecule has 0 fully saturated rings. The van der Waals surface area contributed by atoms with Crippen molar-refractivity contribution in [1.29, 1.82) is 0 Å². The molecule has 2 nitrogen and oxygen atoms in total. The molecule has 0 bridgehead atoms. The van der Waals surface area contributed by atoms with Crippen LogP contribution in [0.25, 0.3) is 55.8 Å². The number of pyridine rings is 1.